The third-order valence-corrected chi connectivity index (χ3v) is 4.18. The van der Waals surface area contributed by atoms with Gasteiger partial charge in [0.25, 0.3) is 5.92 Å². The van der Waals surface area contributed by atoms with Crippen molar-refractivity contribution in [3.05, 3.63) is 54.0 Å². The van der Waals surface area contributed by atoms with E-state index in [1.807, 2.05) is 0 Å². The van der Waals surface area contributed by atoms with E-state index in [9.17, 15) is 27.1 Å². The lowest BCUT2D eigenvalue weighted by molar-refractivity contribution is -0.141. The van der Waals surface area contributed by atoms with Crippen LogP contribution < -0.4 is 10.6 Å². The van der Waals surface area contributed by atoms with Crippen LogP contribution in [-0.4, -0.2) is 37.2 Å². The maximum atomic E-state index is 13.6. The summed E-state index contributed by atoms with van der Waals surface area (Å²) in [6.07, 6.45) is -3.47. The molecule has 3 rings (SSSR count). The van der Waals surface area contributed by atoms with Crippen LogP contribution in [0.5, 0.6) is 0 Å². The van der Waals surface area contributed by atoms with Gasteiger partial charge in [-0.1, -0.05) is 6.07 Å². The number of hydrogen-bond acceptors (Lipinski definition) is 7. The third kappa shape index (κ3) is 6.78. The van der Waals surface area contributed by atoms with Crippen LogP contribution in [0, 0.1) is 0 Å². The number of hydrogen-bond donors (Lipinski definition) is 3. The number of alkyl halides is 5. The first-order valence-electron chi connectivity index (χ1n) is 9.72. The number of anilines is 3. The standard InChI is InChI=1S/C21H21F5N6O/c1-19(2,33)11-28-16-10-17(29-12-7-8-27-15(9-12)20(3,22)23)32-18(31-16)13-5-4-6-14(30-13)21(24,25)26/h4-10,33H,11H2,1-3H3,(H2,27,28,29,31,32). The fourth-order valence-corrected chi connectivity index (χ4v) is 2.64. The van der Waals surface area contributed by atoms with E-state index in [4.69, 9.17) is 0 Å². The normalized spacial score (nSPS) is 12.5. The van der Waals surface area contributed by atoms with Gasteiger partial charge in [0, 0.05) is 31.4 Å². The van der Waals surface area contributed by atoms with Crippen molar-refractivity contribution >= 4 is 17.3 Å². The number of rotatable bonds is 7. The van der Waals surface area contributed by atoms with Crippen molar-refractivity contribution in [3.8, 4) is 11.5 Å². The number of nitrogens with zero attached hydrogens (tertiary/aromatic N) is 4. The quantitative estimate of drug-likeness (QED) is 0.421. The first-order valence-corrected chi connectivity index (χ1v) is 9.72. The van der Waals surface area contributed by atoms with E-state index in [-0.39, 0.29) is 35.4 Å². The highest BCUT2D eigenvalue weighted by Crippen LogP contribution is 2.30. The second-order valence-electron chi connectivity index (χ2n) is 7.98. The second-order valence-corrected chi connectivity index (χ2v) is 7.98. The zero-order chi connectivity index (χ0) is 24.4. The van der Waals surface area contributed by atoms with Crippen molar-refractivity contribution in [3.63, 3.8) is 0 Å². The lowest BCUT2D eigenvalue weighted by Gasteiger charge is -2.19. The van der Waals surface area contributed by atoms with E-state index in [1.165, 1.54) is 30.5 Å². The highest BCUT2D eigenvalue weighted by atomic mass is 19.4. The Balaban J connectivity index is 2.02. The van der Waals surface area contributed by atoms with Crippen molar-refractivity contribution in [1.82, 2.24) is 19.9 Å². The van der Waals surface area contributed by atoms with Crippen molar-refractivity contribution < 1.29 is 27.1 Å². The minimum Gasteiger partial charge on any atom is -0.389 e. The van der Waals surface area contributed by atoms with Gasteiger partial charge in [-0.2, -0.15) is 22.0 Å². The number of nitrogens with one attached hydrogen (secondary N) is 2. The molecule has 0 fully saturated rings. The molecular formula is C21H21F5N6O. The summed E-state index contributed by atoms with van der Waals surface area (Å²) in [4.78, 5) is 15.6. The molecule has 0 saturated carbocycles. The molecule has 0 amide bonds. The molecule has 3 N–H and O–H groups in total. The summed E-state index contributed by atoms with van der Waals surface area (Å²) in [7, 11) is 0. The maximum Gasteiger partial charge on any atom is 0.433 e. The van der Waals surface area contributed by atoms with Crippen molar-refractivity contribution in [2.45, 2.75) is 38.5 Å². The Morgan fingerprint density at radius 2 is 1.58 bits per heavy atom. The molecule has 0 atom stereocenters. The van der Waals surface area contributed by atoms with Crippen LogP contribution in [0.1, 0.15) is 32.2 Å². The van der Waals surface area contributed by atoms with Crippen LogP contribution >= 0.6 is 0 Å². The number of halogens is 5. The van der Waals surface area contributed by atoms with Crippen molar-refractivity contribution in [2.75, 3.05) is 17.2 Å². The van der Waals surface area contributed by atoms with Crippen molar-refractivity contribution in [2.24, 2.45) is 0 Å². The Bertz CT molecular complexity index is 1130. The van der Waals surface area contributed by atoms with Crippen LogP contribution in [0.3, 0.4) is 0 Å². The Kier molecular flexibility index (Phi) is 6.50. The van der Waals surface area contributed by atoms with E-state index < -0.39 is 29.1 Å². The Morgan fingerprint density at radius 1 is 0.879 bits per heavy atom. The van der Waals surface area contributed by atoms with Crippen LogP contribution in [0.4, 0.5) is 39.3 Å². The molecule has 3 aromatic rings. The van der Waals surface area contributed by atoms with Gasteiger partial charge < -0.3 is 15.7 Å². The first-order chi connectivity index (χ1) is 15.2. The summed E-state index contributed by atoms with van der Waals surface area (Å²) in [6, 6.07) is 7.31. The molecule has 3 heterocycles. The van der Waals surface area contributed by atoms with Crippen LogP contribution in [0.2, 0.25) is 0 Å². The van der Waals surface area contributed by atoms with Gasteiger partial charge in [-0.3, -0.25) is 4.98 Å². The monoisotopic (exact) mass is 468 g/mol. The molecule has 3 aromatic heterocycles. The Hall–Kier alpha value is -3.41. The minimum absolute atomic E-state index is 0.0698. The van der Waals surface area contributed by atoms with Crippen LogP contribution in [-0.2, 0) is 12.1 Å². The van der Waals surface area contributed by atoms with Crippen LogP contribution in [0.25, 0.3) is 11.5 Å². The molecule has 0 bridgehead atoms. The minimum atomic E-state index is -4.66. The molecule has 7 nitrogen and oxygen atoms in total. The van der Waals surface area contributed by atoms with Gasteiger partial charge in [-0.25, -0.2) is 15.0 Å². The summed E-state index contributed by atoms with van der Waals surface area (Å²) >= 11 is 0. The summed E-state index contributed by atoms with van der Waals surface area (Å²) in [5, 5.41) is 15.7. The molecule has 0 radical (unpaired) electrons. The molecule has 0 unspecified atom stereocenters. The summed E-state index contributed by atoms with van der Waals surface area (Å²) in [5.41, 5.74) is -2.61. The van der Waals surface area contributed by atoms with Crippen LogP contribution in [0.15, 0.2) is 42.6 Å². The molecule has 0 spiro atoms. The number of aliphatic hydroxyl groups is 1. The van der Waals surface area contributed by atoms with Gasteiger partial charge in [0.05, 0.1) is 5.60 Å². The average Bonchev–Trinajstić information content (AvgIpc) is 2.71. The molecule has 0 aliphatic carbocycles. The van der Waals surface area contributed by atoms with Gasteiger partial charge in [0.2, 0.25) is 0 Å². The fourth-order valence-electron chi connectivity index (χ4n) is 2.64. The molecular weight excluding hydrogens is 447 g/mol. The first kappa shape index (κ1) is 24.2. The van der Waals surface area contributed by atoms with E-state index in [2.05, 4.69) is 30.6 Å². The molecule has 0 saturated heterocycles. The predicted molar refractivity (Wildman–Crippen MR) is 112 cm³/mol. The Labute approximate surface area is 186 Å². The van der Waals surface area contributed by atoms with E-state index in [0.717, 1.165) is 12.1 Å². The van der Waals surface area contributed by atoms with E-state index >= 15 is 0 Å². The molecule has 33 heavy (non-hydrogen) atoms. The lowest BCUT2D eigenvalue weighted by atomic mass is 10.1. The topological polar surface area (TPSA) is 95.8 Å². The molecule has 0 aliphatic heterocycles. The van der Waals surface area contributed by atoms with Gasteiger partial charge in [0.1, 0.15) is 28.7 Å². The largest absolute Gasteiger partial charge is 0.433 e. The maximum absolute atomic E-state index is 13.6. The van der Waals surface area contributed by atoms with Gasteiger partial charge in [-0.15, -0.1) is 0 Å². The summed E-state index contributed by atoms with van der Waals surface area (Å²) in [5.74, 6) is -3.02. The van der Waals surface area contributed by atoms with Gasteiger partial charge >= 0.3 is 6.18 Å². The molecule has 0 aliphatic rings. The smallest absolute Gasteiger partial charge is 0.389 e. The van der Waals surface area contributed by atoms with Crippen molar-refractivity contribution in [1.29, 1.82) is 0 Å². The van der Waals surface area contributed by atoms with E-state index in [0.29, 0.717) is 6.92 Å². The number of aromatic nitrogens is 4. The zero-order valence-electron chi connectivity index (χ0n) is 17.9. The summed E-state index contributed by atoms with van der Waals surface area (Å²) < 4.78 is 66.5. The van der Waals surface area contributed by atoms with Gasteiger partial charge in [0.15, 0.2) is 5.82 Å². The fraction of sp³-hybridized carbons (Fsp3) is 0.333. The molecule has 0 aromatic carbocycles. The number of pyridine rings is 2. The van der Waals surface area contributed by atoms with Gasteiger partial charge in [-0.05, 0) is 38.1 Å². The highest BCUT2D eigenvalue weighted by molar-refractivity contribution is 5.64. The van der Waals surface area contributed by atoms with E-state index in [1.54, 1.807) is 13.8 Å². The lowest BCUT2D eigenvalue weighted by Crippen LogP contribution is -2.29. The second kappa shape index (κ2) is 8.85. The summed E-state index contributed by atoms with van der Waals surface area (Å²) in [6.45, 7) is 3.89. The molecule has 12 heteroatoms. The Morgan fingerprint density at radius 3 is 2.21 bits per heavy atom. The third-order valence-electron chi connectivity index (χ3n) is 4.18. The SMILES string of the molecule is CC(C)(O)CNc1cc(Nc2ccnc(C(C)(F)F)c2)nc(-c2cccc(C(F)(F)F)n2)n1. The average molecular weight is 468 g/mol. The molecule has 176 valence electrons. The predicted octanol–water partition coefficient (Wildman–Crippen LogP) is 4.99. The highest BCUT2D eigenvalue weighted by Gasteiger charge is 2.32. The zero-order valence-corrected chi connectivity index (χ0v) is 17.9.